The van der Waals surface area contributed by atoms with Crippen LogP contribution in [0.3, 0.4) is 0 Å². The molecule has 6 nitrogen and oxygen atoms in total. The topological polar surface area (TPSA) is 73.5 Å². The molecule has 0 radical (unpaired) electrons. The number of likely N-dealkylation sites (tertiary alicyclic amines) is 2. The van der Waals surface area contributed by atoms with Gasteiger partial charge in [0.2, 0.25) is 5.91 Å². The second kappa shape index (κ2) is 7.13. The summed E-state index contributed by atoms with van der Waals surface area (Å²) in [5.74, 6) is -0.0949. The molecule has 9 heteroatoms. The normalized spacial score (nSPS) is 19.3. The molecule has 2 aliphatic heterocycles. The summed E-state index contributed by atoms with van der Waals surface area (Å²) < 4.78 is 37.8. The molecule has 3 rings (SSSR count). The van der Waals surface area contributed by atoms with Gasteiger partial charge in [0.25, 0.3) is 11.5 Å². The first-order valence-electron chi connectivity index (χ1n) is 8.63. The number of rotatable bonds is 3. The van der Waals surface area contributed by atoms with Gasteiger partial charge in [0.05, 0.1) is 0 Å². The van der Waals surface area contributed by atoms with Crippen LogP contribution in [0.1, 0.15) is 41.7 Å². The fraction of sp³-hybridized carbons (Fsp3) is 0.588. The maximum Gasteiger partial charge on any atom is 0.431 e. The molecule has 2 saturated heterocycles. The molecule has 1 aromatic heterocycles. The third kappa shape index (κ3) is 3.91. The van der Waals surface area contributed by atoms with E-state index < -0.39 is 23.3 Å². The Bertz CT molecular complexity index is 752. The molecule has 1 aromatic rings. The van der Waals surface area contributed by atoms with Crippen molar-refractivity contribution in [3.8, 4) is 0 Å². The van der Waals surface area contributed by atoms with E-state index in [4.69, 9.17) is 0 Å². The number of pyridine rings is 1. The molecule has 0 spiro atoms. The minimum atomic E-state index is -4.66. The average Bonchev–Trinajstić information content (AvgIpc) is 2.99. The number of aromatic amines is 1. The van der Waals surface area contributed by atoms with Crippen molar-refractivity contribution in [2.24, 2.45) is 5.92 Å². The molecular weight excluding hydrogens is 351 g/mol. The van der Waals surface area contributed by atoms with Crippen LogP contribution in [0.4, 0.5) is 13.2 Å². The van der Waals surface area contributed by atoms with Gasteiger partial charge in [-0.25, -0.2) is 0 Å². The number of aromatic nitrogens is 1. The molecular formula is C17H20F3N3O3. The molecule has 1 N–H and O–H groups in total. The molecule has 0 aromatic carbocycles. The van der Waals surface area contributed by atoms with Crippen molar-refractivity contribution in [1.82, 2.24) is 14.8 Å². The first-order valence-corrected chi connectivity index (χ1v) is 8.63. The van der Waals surface area contributed by atoms with Crippen molar-refractivity contribution < 1.29 is 22.8 Å². The SMILES string of the molecule is O=C1CCCN1CC1CCN(C(=O)c2ccc(C(F)(F)F)[nH]c2=O)CC1. The van der Waals surface area contributed by atoms with Crippen molar-refractivity contribution in [3.63, 3.8) is 0 Å². The van der Waals surface area contributed by atoms with Crippen molar-refractivity contribution in [2.75, 3.05) is 26.2 Å². The zero-order chi connectivity index (χ0) is 18.9. The van der Waals surface area contributed by atoms with Gasteiger partial charge < -0.3 is 14.8 Å². The van der Waals surface area contributed by atoms with E-state index in [1.165, 1.54) is 4.90 Å². The van der Waals surface area contributed by atoms with Gasteiger partial charge in [0.15, 0.2) is 0 Å². The van der Waals surface area contributed by atoms with Crippen LogP contribution in [0, 0.1) is 5.92 Å². The quantitative estimate of drug-likeness (QED) is 0.882. The summed E-state index contributed by atoms with van der Waals surface area (Å²) in [6.45, 7) is 2.30. The van der Waals surface area contributed by atoms with Crippen LogP contribution in [-0.2, 0) is 11.0 Å². The van der Waals surface area contributed by atoms with Gasteiger partial charge in [0, 0.05) is 32.6 Å². The smallest absolute Gasteiger partial charge is 0.342 e. The standard InChI is InChI=1S/C17H20F3N3O3/c18-17(19,20)13-4-3-12(15(25)21-13)16(26)22-8-5-11(6-9-22)10-23-7-1-2-14(23)24/h3-4,11H,1-2,5-10H2,(H,21,25). The Morgan fingerprint density at radius 1 is 1.15 bits per heavy atom. The van der Waals surface area contributed by atoms with E-state index in [1.807, 2.05) is 4.90 Å². The lowest BCUT2D eigenvalue weighted by Gasteiger charge is -2.33. The Hall–Kier alpha value is -2.32. The lowest BCUT2D eigenvalue weighted by atomic mass is 9.96. The monoisotopic (exact) mass is 371 g/mol. The molecule has 0 bridgehead atoms. The first kappa shape index (κ1) is 18.5. The third-order valence-electron chi connectivity index (χ3n) is 5.00. The fourth-order valence-corrected chi connectivity index (χ4v) is 3.51. The van der Waals surface area contributed by atoms with Crippen LogP contribution < -0.4 is 5.56 Å². The molecule has 0 unspecified atom stereocenters. The number of nitrogens with zero attached hydrogens (tertiary/aromatic N) is 2. The van der Waals surface area contributed by atoms with E-state index >= 15 is 0 Å². The largest absolute Gasteiger partial charge is 0.431 e. The number of hydrogen-bond donors (Lipinski definition) is 1. The van der Waals surface area contributed by atoms with Gasteiger partial charge in [0.1, 0.15) is 11.3 Å². The Morgan fingerprint density at radius 2 is 1.85 bits per heavy atom. The minimum Gasteiger partial charge on any atom is -0.342 e. The van der Waals surface area contributed by atoms with Gasteiger partial charge in [-0.15, -0.1) is 0 Å². The molecule has 2 fully saturated rings. The highest BCUT2D eigenvalue weighted by Gasteiger charge is 2.33. The summed E-state index contributed by atoms with van der Waals surface area (Å²) >= 11 is 0. The van der Waals surface area contributed by atoms with Gasteiger partial charge in [-0.05, 0) is 37.3 Å². The summed E-state index contributed by atoms with van der Waals surface area (Å²) in [5.41, 5.74) is -2.49. The Morgan fingerprint density at radius 3 is 2.38 bits per heavy atom. The van der Waals surface area contributed by atoms with E-state index in [2.05, 4.69) is 0 Å². The van der Waals surface area contributed by atoms with E-state index in [-0.39, 0.29) is 11.5 Å². The highest BCUT2D eigenvalue weighted by molar-refractivity contribution is 5.93. The summed E-state index contributed by atoms with van der Waals surface area (Å²) in [4.78, 5) is 41.0. The van der Waals surface area contributed by atoms with Crippen molar-refractivity contribution in [1.29, 1.82) is 0 Å². The van der Waals surface area contributed by atoms with Crippen LogP contribution in [0.15, 0.2) is 16.9 Å². The van der Waals surface area contributed by atoms with Crippen LogP contribution >= 0.6 is 0 Å². The average molecular weight is 371 g/mol. The Balaban J connectivity index is 1.60. The second-order valence-electron chi connectivity index (χ2n) is 6.79. The molecule has 0 saturated carbocycles. The van der Waals surface area contributed by atoms with E-state index in [9.17, 15) is 27.6 Å². The zero-order valence-corrected chi connectivity index (χ0v) is 14.1. The number of nitrogens with one attached hydrogen (secondary N) is 1. The van der Waals surface area contributed by atoms with E-state index in [0.717, 1.165) is 19.0 Å². The molecule has 2 amide bonds. The highest BCUT2D eigenvalue weighted by atomic mass is 19.4. The van der Waals surface area contributed by atoms with Crippen LogP contribution in [0.25, 0.3) is 0 Å². The van der Waals surface area contributed by atoms with Gasteiger partial charge in [-0.3, -0.25) is 14.4 Å². The number of hydrogen-bond acceptors (Lipinski definition) is 3. The maximum absolute atomic E-state index is 12.6. The van der Waals surface area contributed by atoms with Crippen molar-refractivity contribution in [2.45, 2.75) is 31.9 Å². The number of carbonyl (C=O) groups is 2. The van der Waals surface area contributed by atoms with Gasteiger partial charge >= 0.3 is 6.18 Å². The summed E-state index contributed by atoms with van der Waals surface area (Å²) in [5, 5.41) is 0. The zero-order valence-electron chi connectivity index (χ0n) is 14.1. The first-order chi connectivity index (χ1) is 12.3. The molecule has 0 aliphatic carbocycles. The predicted molar refractivity (Wildman–Crippen MR) is 86.5 cm³/mol. The van der Waals surface area contributed by atoms with Crippen LogP contribution in [0.5, 0.6) is 0 Å². The Kier molecular flexibility index (Phi) is 5.06. The number of H-pyrrole nitrogens is 1. The molecule has 142 valence electrons. The van der Waals surface area contributed by atoms with Crippen LogP contribution in [-0.4, -0.2) is 52.8 Å². The van der Waals surface area contributed by atoms with Gasteiger partial charge in [-0.1, -0.05) is 0 Å². The molecule has 2 aliphatic rings. The number of carbonyl (C=O) groups excluding carboxylic acids is 2. The summed E-state index contributed by atoms with van der Waals surface area (Å²) in [7, 11) is 0. The minimum absolute atomic E-state index is 0.166. The predicted octanol–water partition coefficient (Wildman–Crippen LogP) is 1.87. The lowest BCUT2D eigenvalue weighted by molar-refractivity contribution is -0.141. The van der Waals surface area contributed by atoms with E-state index in [1.54, 1.807) is 4.98 Å². The number of halogens is 3. The fourth-order valence-electron chi connectivity index (χ4n) is 3.51. The molecule has 0 atom stereocenters. The van der Waals surface area contributed by atoms with Crippen molar-refractivity contribution >= 4 is 11.8 Å². The molecule has 26 heavy (non-hydrogen) atoms. The lowest BCUT2D eigenvalue weighted by Crippen LogP contribution is -2.43. The Labute approximate surface area is 148 Å². The third-order valence-corrected chi connectivity index (χ3v) is 5.00. The van der Waals surface area contributed by atoms with Gasteiger partial charge in [-0.2, -0.15) is 13.2 Å². The number of amides is 2. The second-order valence-corrected chi connectivity index (χ2v) is 6.79. The number of piperidine rings is 1. The maximum atomic E-state index is 12.6. The van der Waals surface area contributed by atoms with E-state index in [0.29, 0.717) is 50.9 Å². The number of alkyl halides is 3. The molecule has 3 heterocycles. The summed E-state index contributed by atoms with van der Waals surface area (Å²) in [6, 6.07) is 1.64. The highest BCUT2D eigenvalue weighted by Crippen LogP contribution is 2.27. The van der Waals surface area contributed by atoms with Crippen molar-refractivity contribution in [3.05, 3.63) is 33.7 Å². The van der Waals surface area contributed by atoms with Crippen LogP contribution in [0.2, 0.25) is 0 Å². The summed E-state index contributed by atoms with van der Waals surface area (Å²) in [6.07, 6.45) is -1.78.